The molecule has 0 bridgehead atoms. The minimum Gasteiger partial charge on any atom is -0.493 e. The fraction of sp³-hybridized carbons (Fsp3) is 0.235. The molecule has 0 aromatic heterocycles. The molecule has 2 aromatic carbocycles. The van der Waals surface area contributed by atoms with Crippen molar-refractivity contribution in [3.8, 4) is 5.75 Å². The molecule has 0 fully saturated rings. The monoisotopic (exact) mass is 337 g/mol. The highest BCUT2D eigenvalue weighted by Gasteiger charge is 2.15. The average Bonchev–Trinajstić information content (AvgIpc) is 2.55. The Kier molecular flexibility index (Phi) is 5.96. The van der Waals surface area contributed by atoms with Crippen molar-refractivity contribution in [1.82, 2.24) is 5.32 Å². The first-order valence-corrected chi connectivity index (χ1v) is 7.53. The van der Waals surface area contributed by atoms with E-state index < -0.39 is 11.9 Å². The van der Waals surface area contributed by atoms with E-state index in [2.05, 4.69) is 5.32 Å². The molecule has 0 aliphatic heterocycles. The van der Waals surface area contributed by atoms with E-state index in [-0.39, 0.29) is 17.5 Å². The van der Waals surface area contributed by atoms with Gasteiger partial charge in [-0.05, 0) is 36.8 Å². The minimum absolute atomic E-state index is 0.0179. The third-order valence-corrected chi connectivity index (χ3v) is 3.52. The van der Waals surface area contributed by atoms with E-state index in [0.717, 1.165) is 6.07 Å². The Balaban J connectivity index is 2.02. The number of aliphatic hydroxyl groups excluding tert-OH is 1. The Morgan fingerprint density at radius 2 is 2.09 bits per heavy atom. The summed E-state index contributed by atoms with van der Waals surface area (Å²) in [6.07, 6.45) is -1.04. The number of carbonyl (C=O) groups is 1. The van der Waals surface area contributed by atoms with E-state index in [1.165, 1.54) is 12.1 Å². The molecule has 4 nitrogen and oxygen atoms in total. The molecule has 2 aromatic rings. The smallest absolute Gasteiger partial charge is 0.255 e. The molecule has 2 rings (SSSR count). The molecule has 0 aliphatic rings. The van der Waals surface area contributed by atoms with Crippen LogP contribution in [-0.2, 0) is 0 Å². The molecule has 23 heavy (non-hydrogen) atoms. The Morgan fingerprint density at radius 1 is 1.35 bits per heavy atom. The van der Waals surface area contributed by atoms with Gasteiger partial charge in [0.15, 0.2) is 0 Å². The lowest BCUT2D eigenvalue weighted by Gasteiger charge is -2.14. The van der Waals surface area contributed by atoms with Crippen LogP contribution in [0.2, 0.25) is 5.02 Å². The molecular formula is C17H17ClFNO3. The van der Waals surface area contributed by atoms with Crippen LogP contribution in [0.4, 0.5) is 4.39 Å². The first-order chi connectivity index (χ1) is 11.0. The zero-order valence-corrected chi connectivity index (χ0v) is 13.3. The molecule has 0 heterocycles. The topological polar surface area (TPSA) is 58.6 Å². The van der Waals surface area contributed by atoms with Crippen molar-refractivity contribution >= 4 is 17.5 Å². The van der Waals surface area contributed by atoms with Gasteiger partial charge >= 0.3 is 0 Å². The maximum Gasteiger partial charge on any atom is 0.255 e. The van der Waals surface area contributed by atoms with Gasteiger partial charge in [0, 0.05) is 6.54 Å². The van der Waals surface area contributed by atoms with Crippen LogP contribution < -0.4 is 10.1 Å². The zero-order chi connectivity index (χ0) is 16.8. The average molecular weight is 338 g/mol. The van der Waals surface area contributed by atoms with E-state index in [1.807, 2.05) is 6.92 Å². The van der Waals surface area contributed by atoms with Crippen LogP contribution in [0.5, 0.6) is 5.75 Å². The summed E-state index contributed by atoms with van der Waals surface area (Å²) in [7, 11) is 0. The summed E-state index contributed by atoms with van der Waals surface area (Å²) in [6.45, 7) is 2.21. The largest absolute Gasteiger partial charge is 0.493 e. The van der Waals surface area contributed by atoms with Crippen molar-refractivity contribution in [2.75, 3.05) is 13.2 Å². The molecule has 122 valence electrons. The fourth-order valence-electron chi connectivity index (χ4n) is 2.06. The summed E-state index contributed by atoms with van der Waals surface area (Å²) in [4.78, 5) is 12.2. The summed E-state index contributed by atoms with van der Waals surface area (Å²) in [5.74, 6) is -0.515. The highest BCUT2D eigenvalue weighted by atomic mass is 35.5. The number of aliphatic hydroxyl groups is 1. The van der Waals surface area contributed by atoms with Gasteiger partial charge in [-0.3, -0.25) is 4.79 Å². The number of nitrogens with one attached hydrogen (secondary N) is 1. The number of hydrogen-bond acceptors (Lipinski definition) is 3. The molecule has 0 spiro atoms. The minimum atomic E-state index is -1.04. The molecule has 2 N–H and O–H groups in total. The number of hydrogen-bond donors (Lipinski definition) is 2. The number of halogens is 2. The number of ether oxygens (including phenoxy) is 1. The number of amides is 1. The number of rotatable bonds is 6. The van der Waals surface area contributed by atoms with Crippen LogP contribution in [-0.4, -0.2) is 24.2 Å². The van der Waals surface area contributed by atoms with Gasteiger partial charge < -0.3 is 15.2 Å². The summed E-state index contributed by atoms with van der Waals surface area (Å²) in [5, 5.41) is 12.6. The van der Waals surface area contributed by atoms with Crippen LogP contribution in [0.25, 0.3) is 0 Å². The van der Waals surface area contributed by atoms with E-state index in [4.69, 9.17) is 16.3 Å². The highest BCUT2D eigenvalue weighted by molar-refractivity contribution is 6.30. The molecule has 0 saturated carbocycles. The van der Waals surface area contributed by atoms with Gasteiger partial charge in [0.25, 0.3) is 5.91 Å². The third kappa shape index (κ3) is 4.43. The fourth-order valence-corrected chi connectivity index (χ4v) is 2.18. The maximum absolute atomic E-state index is 13.4. The van der Waals surface area contributed by atoms with Gasteiger partial charge in [-0.25, -0.2) is 4.39 Å². The zero-order valence-electron chi connectivity index (χ0n) is 12.6. The Labute approximate surface area is 138 Å². The summed E-state index contributed by atoms with van der Waals surface area (Å²) >= 11 is 5.60. The standard InChI is InChI=1S/C17H17ClFNO3/c1-2-23-16-6-4-3-5-12(16)17(22)20-10-15(21)11-7-8-13(18)14(19)9-11/h3-9,15,21H,2,10H2,1H3,(H,20,22). The predicted octanol–water partition coefficient (Wildman–Crippen LogP) is 3.34. The van der Waals surface area contributed by atoms with Gasteiger partial charge in [0.05, 0.1) is 23.3 Å². The van der Waals surface area contributed by atoms with Crippen molar-refractivity contribution < 1.29 is 19.0 Å². The van der Waals surface area contributed by atoms with Crippen molar-refractivity contribution in [1.29, 1.82) is 0 Å². The molecule has 0 saturated heterocycles. The lowest BCUT2D eigenvalue weighted by atomic mass is 10.1. The summed E-state index contributed by atoms with van der Waals surface area (Å²) in [5.41, 5.74) is 0.717. The SMILES string of the molecule is CCOc1ccccc1C(=O)NCC(O)c1ccc(Cl)c(F)c1. The number of benzene rings is 2. The van der Waals surface area contributed by atoms with Crippen molar-refractivity contribution in [3.63, 3.8) is 0 Å². The van der Waals surface area contributed by atoms with Crippen molar-refractivity contribution in [2.45, 2.75) is 13.0 Å². The van der Waals surface area contributed by atoms with Crippen LogP contribution in [0.1, 0.15) is 28.9 Å². The summed E-state index contributed by atoms with van der Waals surface area (Å²) in [6, 6.07) is 10.8. The van der Waals surface area contributed by atoms with Gasteiger partial charge in [-0.1, -0.05) is 29.8 Å². The van der Waals surface area contributed by atoms with Crippen LogP contribution in [0.3, 0.4) is 0 Å². The van der Waals surface area contributed by atoms with Crippen LogP contribution >= 0.6 is 11.6 Å². The second kappa shape index (κ2) is 7.94. The van der Waals surface area contributed by atoms with E-state index >= 15 is 0 Å². The first-order valence-electron chi connectivity index (χ1n) is 7.16. The van der Waals surface area contributed by atoms with Crippen LogP contribution in [0.15, 0.2) is 42.5 Å². The Bertz CT molecular complexity index is 693. The maximum atomic E-state index is 13.4. The van der Waals surface area contributed by atoms with Crippen molar-refractivity contribution in [3.05, 3.63) is 64.4 Å². The quantitative estimate of drug-likeness (QED) is 0.850. The lowest BCUT2D eigenvalue weighted by molar-refractivity contribution is 0.0912. The highest BCUT2D eigenvalue weighted by Crippen LogP contribution is 2.21. The normalized spacial score (nSPS) is 11.8. The molecule has 0 aliphatic carbocycles. The van der Waals surface area contributed by atoms with Gasteiger partial charge in [-0.15, -0.1) is 0 Å². The van der Waals surface area contributed by atoms with Crippen molar-refractivity contribution in [2.24, 2.45) is 0 Å². The Morgan fingerprint density at radius 3 is 2.78 bits per heavy atom. The van der Waals surface area contributed by atoms with Crippen LogP contribution in [0, 0.1) is 5.82 Å². The van der Waals surface area contributed by atoms with Gasteiger partial charge in [-0.2, -0.15) is 0 Å². The Hall–Kier alpha value is -2.11. The van der Waals surface area contributed by atoms with E-state index in [1.54, 1.807) is 24.3 Å². The molecule has 1 atom stereocenters. The summed E-state index contributed by atoms with van der Waals surface area (Å²) < 4.78 is 18.8. The second-order valence-electron chi connectivity index (χ2n) is 4.83. The lowest BCUT2D eigenvalue weighted by Crippen LogP contribution is -2.28. The predicted molar refractivity (Wildman–Crippen MR) is 86.3 cm³/mol. The third-order valence-electron chi connectivity index (χ3n) is 3.22. The molecule has 1 amide bonds. The molecule has 1 unspecified atom stereocenters. The van der Waals surface area contributed by atoms with Gasteiger partial charge in [0.2, 0.25) is 0 Å². The molecule has 0 radical (unpaired) electrons. The number of para-hydroxylation sites is 1. The second-order valence-corrected chi connectivity index (χ2v) is 5.24. The van der Waals surface area contributed by atoms with E-state index in [9.17, 15) is 14.3 Å². The molecular weight excluding hydrogens is 321 g/mol. The first kappa shape index (κ1) is 17.2. The number of carbonyl (C=O) groups excluding carboxylic acids is 1. The van der Waals surface area contributed by atoms with Gasteiger partial charge in [0.1, 0.15) is 11.6 Å². The van der Waals surface area contributed by atoms with E-state index in [0.29, 0.717) is 23.5 Å². The molecule has 6 heteroatoms.